The Hall–Kier alpha value is -1.07. The topological polar surface area (TPSA) is 40.6 Å². The van der Waals surface area contributed by atoms with Crippen LogP contribution in [0.15, 0.2) is 29.2 Å². The molecule has 0 unspecified atom stereocenters. The Bertz CT molecular complexity index is 584. The van der Waals surface area contributed by atoms with Gasteiger partial charge in [-0.05, 0) is 55.9 Å². The number of hydrogen-bond donors (Lipinski definition) is 0. The van der Waals surface area contributed by atoms with Crippen molar-refractivity contribution in [3.05, 3.63) is 24.3 Å². The Labute approximate surface area is 134 Å². The molecular weight excluding hydrogens is 296 g/mol. The predicted octanol–water partition coefficient (Wildman–Crippen LogP) is 3.10. The molecule has 0 radical (unpaired) electrons. The number of piperidine rings is 2. The zero-order valence-corrected chi connectivity index (χ0v) is 14.2. The predicted molar refractivity (Wildman–Crippen MR) is 89.7 cm³/mol. The Balaban J connectivity index is 1.73. The molecule has 0 aliphatic carbocycles. The van der Waals surface area contributed by atoms with E-state index in [0.717, 1.165) is 44.0 Å². The van der Waals surface area contributed by atoms with Gasteiger partial charge in [0.2, 0.25) is 10.0 Å². The van der Waals surface area contributed by atoms with Crippen LogP contribution in [0.5, 0.6) is 0 Å². The third kappa shape index (κ3) is 3.30. The third-order valence-electron chi connectivity index (χ3n) is 4.94. The van der Waals surface area contributed by atoms with E-state index in [0.29, 0.717) is 18.0 Å². The van der Waals surface area contributed by atoms with Crippen LogP contribution in [-0.2, 0) is 10.0 Å². The van der Waals surface area contributed by atoms with Crippen LogP contribution in [-0.4, -0.2) is 38.9 Å². The van der Waals surface area contributed by atoms with E-state index < -0.39 is 10.0 Å². The van der Waals surface area contributed by atoms with Crippen LogP contribution in [0.4, 0.5) is 5.69 Å². The van der Waals surface area contributed by atoms with Gasteiger partial charge in [0.05, 0.1) is 4.90 Å². The van der Waals surface area contributed by atoms with Crippen molar-refractivity contribution in [3.8, 4) is 0 Å². The van der Waals surface area contributed by atoms with Crippen LogP contribution >= 0.6 is 0 Å². The lowest BCUT2D eigenvalue weighted by atomic mass is 9.99. The Morgan fingerprint density at radius 1 is 0.909 bits per heavy atom. The highest BCUT2D eigenvalue weighted by molar-refractivity contribution is 7.89. The number of sulfonamides is 1. The first-order chi connectivity index (χ1) is 10.6. The fourth-order valence-corrected chi connectivity index (χ4v) is 4.87. The molecule has 22 heavy (non-hydrogen) atoms. The fraction of sp³-hybridized carbons (Fsp3) is 0.647. The second kappa shape index (κ2) is 6.59. The summed E-state index contributed by atoms with van der Waals surface area (Å²) in [5, 5.41) is 0. The molecular formula is C17H26N2O2S. The van der Waals surface area contributed by atoms with Gasteiger partial charge in [-0.3, -0.25) is 0 Å². The zero-order chi connectivity index (χ0) is 15.6. The molecule has 0 spiro atoms. The van der Waals surface area contributed by atoms with Crippen LogP contribution in [0.3, 0.4) is 0 Å². The molecule has 2 fully saturated rings. The van der Waals surface area contributed by atoms with Gasteiger partial charge in [-0.25, -0.2) is 8.42 Å². The van der Waals surface area contributed by atoms with E-state index in [1.54, 1.807) is 16.4 Å². The summed E-state index contributed by atoms with van der Waals surface area (Å²) in [5.41, 5.74) is 1.14. The van der Waals surface area contributed by atoms with E-state index in [1.165, 1.54) is 12.8 Å². The van der Waals surface area contributed by atoms with Crippen LogP contribution in [0, 0.1) is 5.92 Å². The Morgan fingerprint density at radius 2 is 1.50 bits per heavy atom. The molecule has 0 atom stereocenters. The maximum absolute atomic E-state index is 12.6. The Morgan fingerprint density at radius 3 is 2.09 bits per heavy atom. The van der Waals surface area contributed by atoms with Crippen molar-refractivity contribution in [2.75, 3.05) is 31.1 Å². The van der Waals surface area contributed by atoms with Crippen LogP contribution < -0.4 is 4.90 Å². The summed E-state index contributed by atoms with van der Waals surface area (Å²) in [6, 6.07) is 7.48. The van der Waals surface area contributed by atoms with Crippen molar-refractivity contribution < 1.29 is 8.42 Å². The van der Waals surface area contributed by atoms with Gasteiger partial charge in [0.1, 0.15) is 0 Å². The summed E-state index contributed by atoms with van der Waals surface area (Å²) in [6.45, 7) is 5.76. The lowest BCUT2D eigenvalue weighted by Crippen LogP contribution is -2.35. The number of rotatable bonds is 3. The summed E-state index contributed by atoms with van der Waals surface area (Å²) in [4.78, 5) is 2.79. The molecule has 3 rings (SSSR count). The van der Waals surface area contributed by atoms with E-state index in [2.05, 4.69) is 11.8 Å². The average molecular weight is 322 g/mol. The molecule has 2 aliphatic heterocycles. The number of benzene rings is 1. The van der Waals surface area contributed by atoms with Gasteiger partial charge < -0.3 is 4.90 Å². The first kappa shape index (κ1) is 15.8. The van der Waals surface area contributed by atoms with Gasteiger partial charge in [-0.2, -0.15) is 4.31 Å². The van der Waals surface area contributed by atoms with Crippen molar-refractivity contribution in [2.45, 2.75) is 43.9 Å². The van der Waals surface area contributed by atoms with Crippen molar-refractivity contribution in [1.82, 2.24) is 4.31 Å². The zero-order valence-electron chi connectivity index (χ0n) is 13.4. The minimum Gasteiger partial charge on any atom is -0.372 e. The molecule has 0 amide bonds. The smallest absolute Gasteiger partial charge is 0.243 e. The van der Waals surface area contributed by atoms with Crippen LogP contribution in [0.1, 0.15) is 39.0 Å². The van der Waals surface area contributed by atoms with Crippen LogP contribution in [0.2, 0.25) is 0 Å². The van der Waals surface area contributed by atoms with E-state index in [-0.39, 0.29) is 0 Å². The summed E-state index contributed by atoms with van der Waals surface area (Å²) >= 11 is 0. The molecule has 2 heterocycles. The molecule has 5 heteroatoms. The molecule has 1 aromatic carbocycles. The molecule has 1 aromatic rings. The standard InChI is InChI=1S/C17H26N2O2S/c1-15-9-13-18(14-10-15)16-5-7-17(8-6-16)22(20,21)19-11-3-2-4-12-19/h5-8,15H,2-4,9-14H2,1H3. The number of nitrogens with zero attached hydrogens (tertiary/aromatic N) is 2. The average Bonchev–Trinajstić information content (AvgIpc) is 2.56. The fourth-order valence-electron chi connectivity index (χ4n) is 3.35. The summed E-state index contributed by atoms with van der Waals surface area (Å²) in [7, 11) is -3.30. The monoisotopic (exact) mass is 322 g/mol. The second-order valence-corrected chi connectivity index (χ2v) is 8.57. The number of hydrogen-bond acceptors (Lipinski definition) is 3. The van der Waals surface area contributed by atoms with E-state index >= 15 is 0 Å². The lowest BCUT2D eigenvalue weighted by molar-refractivity contribution is 0.346. The largest absolute Gasteiger partial charge is 0.372 e. The maximum atomic E-state index is 12.6. The van der Waals surface area contributed by atoms with Crippen molar-refractivity contribution >= 4 is 15.7 Å². The van der Waals surface area contributed by atoms with Gasteiger partial charge in [0.15, 0.2) is 0 Å². The normalized spacial score (nSPS) is 22.0. The van der Waals surface area contributed by atoms with Crippen molar-refractivity contribution in [2.24, 2.45) is 5.92 Å². The van der Waals surface area contributed by atoms with Gasteiger partial charge >= 0.3 is 0 Å². The first-order valence-corrected chi connectivity index (χ1v) is 9.86. The Kier molecular flexibility index (Phi) is 4.73. The van der Waals surface area contributed by atoms with Crippen molar-refractivity contribution in [3.63, 3.8) is 0 Å². The van der Waals surface area contributed by atoms with E-state index in [9.17, 15) is 8.42 Å². The van der Waals surface area contributed by atoms with Gasteiger partial charge in [0, 0.05) is 31.9 Å². The molecule has 0 N–H and O–H groups in total. The molecule has 0 bridgehead atoms. The maximum Gasteiger partial charge on any atom is 0.243 e. The number of anilines is 1. The molecule has 2 aliphatic rings. The summed E-state index contributed by atoms with van der Waals surface area (Å²) < 4.78 is 26.9. The highest BCUT2D eigenvalue weighted by atomic mass is 32.2. The summed E-state index contributed by atoms with van der Waals surface area (Å²) in [6.07, 6.45) is 5.52. The van der Waals surface area contributed by atoms with E-state index in [1.807, 2.05) is 12.1 Å². The molecule has 0 saturated carbocycles. The molecule has 122 valence electrons. The quantitative estimate of drug-likeness (QED) is 0.858. The molecule has 2 saturated heterocycles. The SMILES string of the molecule is CC1CCN(c2ccc(S(=O)(=O)N3CCCCC3)cc2)CC1. The van der Waals surface area contributed by atoms with Gasteiger partial charge in [-0.1, -0.05) is 13.3 Å². The minimum atomic E-state index is -3.30. The highest BCUT2D eigenvalue weighted by Crippen LogP contribution is 2.26. The second-order valence-electron chi connectivity index (χ2n) is 6.63. The van der Waals surface area contributed by atoms with E-state index in [4.69, 9.17) is 0 Å². The minimum absolute atomic E-state index is 0.434. The van der Waals surface area contributed by atoms with Gasteiger partial charge in [-0.15, -0.1) is 0 Å². The van der Waals surface area contributed by atoms with Crippen LogP contribution in [0.25, 0.3) is 0 Å². The molecule has 4 nitrogen and oxygen atoms in total. The first-order valence-electron chi connectivity index (χ1n) is 8.42. The summed E-state index contributed by atoms with van der Waals surface area (Å²) in [5.74, 6) is 0.801. The van der Waals surface area contributed by atoms with Crippen molar-refractivity contribution in [1.29, 1.82) is 0 Å². The molecule has 0 aromatic heterocycles. The highest BCUT2D eigenvalue weighted by Gasteiger charge is 2.26. The van der Waals surface area contributed by atoms with Gasteiger partial charge in [0.25, 0.3) is 0 Å². The third-order valence-corrected chi connectivity index (χ3v) is 6.85. The lowest BCUT2D eigenvalue weighted by Gasteiger charge is -2.32.